The fraction of sp³-hybridized carbons (Fsp3) is 0.208. The average Bonchev–Trinajstić information content (AvgIpc) is 3.60. The van der Waals surface area contributed by atoms with Crippen LogP contribution in [0, 0.1) is 0 Å². The first-order chi connectivity index (χ1) is 17.5. The first kappa shape index (κ1) is 21.6. The number of carbonyl (C=O) groups excluding carboxylic acids is 4. The van der Waals surface area contributed by atoms with Gasteiger partial charge in [-0.3, -0.25) is 24.5 Å². The van der Waals surface area contributed by atoms with Crippen LogP contribution in [-0.2, 0) is 22.7 Å². The molecule has 12 nitrogen and oxygen atoms in total. The number of hydrogen-bond acceptors (Lipinski definition) is 7. The molecule has 4 aromatic rings. The van der Waals surface area contributed by atoms with Crippen LogP contribution in [0.15, 0.2) is 55.0 Å². The second-order valence-corrected chi connectivity index (χ2v) is 8.64. The third-order valence-corrected chi connectivity index (χ3v) is 6.42. The third kappa shape index (κ3) is 3.68. The molecule has 4 amide bonds. The SMILES string of the molecule is O=C1CCC(N2Cc3cc(-n4cc(C(=O)NCc5ncc6ccccn56)nn4)ccc3C2=O)C(=O)N1. The highest BCUT2D eigenvalue weighted by Gasteiger charge is 2.39. The van der Waals surface area contributed by atoms with Crippen LogP contribution in [0.2, 0.25) is 0 Å². The van der Waals surface area contributed by atoms with Crippen LogP contribution in [0.4, 0.5) is 0 Å². The van der Waals surface area contributed by atoms with Gasteiger partial charge in [0, 0.05) is 24.7 Å². The molecule has 6 rings (SSSR count). The monoisotopic (exact) mass is 484 g/mol. The van der Waals surface area contributed by atoms with Crippen molar-refractivity contribution in [2.24, 2.45) is 0 Å². The maximum absolute atomic E-state index is 12.9. The summed E-state index contributed by atoms with van der Waals surface area (Å²) in [5.41, 5.74) is 2.91. The molecule has 1 fully saturated rings. The predicted molar refractivity (Wildman–Crippen MR) is 124 cm³/mol. The molecule has 2 aliphatic heterocycles. The summed E-state index contributed by atoms with van der Waals surface area (Å²) in [6, 6.07) is 10.2. The average molecular weight is 484 g/mol. The van der Waals surface area contributed by atoms with E-state index in [-0.39, 0.29) is 37.0 Å². The minimum Gasteiger partial charge on any atom is -0.343 e. The van der Waals surface area contributed by atoms with Crippen LogP contribution >= 0.6 is 0 Å². The Bertz CT molecular complexity index is 1550. The molecule has 36 heavy (non-hydrogen) atoms. The summed E-state index contributed by atoms with van der Waals surface area (Å²) in [5, 5.41) is 13.1. The summed E-state index contributed by atoms with van der Waals surface area (Å²) in [6.45, 7) is 0.468. The van der Waals surface area contributed by atoms with Gasteiger partial charge < -0.3 is 14.6 Å². The molecule has 1 unspecified atom stereocenters. The lowest BCUT2D eigenvalue weighted by atomic mass is 10.0. The zero-order valence-corrected chi connectivity index (χ0v) is 18.9. The van der Waals surface area contributed by atoms with Gasteiger partial charge in [0.25, 0.3) is 11.8 Å². The zero-order valence-electron chi connectivity index (χ0n) is 18.9. The van der Waals surface area contributed by atoms with Crippen molar-refractivity contribution >= 4 is 29.1 Å². The highest BCUT2D eigenvalue weighted by atomic mass is 16.2. The topological polar surface area (TPSA) is 144 Å². The van der Waals surface area contributed by atoms with E-state index in [1.165, 1.54) is 15.8 Å². The lowest BCUT2D eigenvalue weighted by Gasteiger charge is -2.29. The Kier molecular flexibility index (Phi) is 5.06. The molecule has 1 atom stereocenters. The lowest BCUT2D eigenvalue weighted by molar-refractivity contribution is -0.136. The molecule has 12 heteroatoms. The second kappa shape index (κ2) is 8.41. The van der Waals surface area contributed by atoms with E-state index in [0.29, 0.717) is 23.5 Å². The van der Waals surface area contributed by atoms with Crippen molar-refractivity contribution < 1.29 is 19.2 Å². The van der Waals surface area contributed by atoms with Crippen molar-refractivity contribution in [1.82, 2.24) is 39.9 Å². The Morgan fingerprint density at radius 3 is 2.92 bits per heavy atom. The van der Waals surface area contributed by atoms with E-state index in [1.54, 1.807) is 24.4 Å². The standard InChI is InChI=1S/C24H20N8O4/c33-21-7-6-19(23(35)27-21)31-12-14-9-15(4-5-17(14)24(31)36)32-13-18(28-29-32)22(34)26-11-20-25-10-16-3-1-2-8-30(16)20/h1-5,8-10,13,19H,6-7,11-12H2,(H,26,34)(H,27,33,35). The Labute approximate surface area is 203 Å². The van der Waals surface area contributed by atoms with Crippen LogP contribution < -0.4 is 10.6 Å². The number of imidazole rings is 1. The number of carbonyl (C=O) groups is 4. The summed E-state index contributed by atoms with van der Waals surface area (Å²) in [4.78, 5) is 55.0. The molecule has 1 aromatic carbocycles. The number of nitrogens with one attached hydrogen (secondary N) is 2. The normalized spacial score (nSPS) is 17.4. The molecule has 0 radical (unpaired) electrons. The van der Waals surface area contributed by atoms with E-state index in [9.17, 15) is 19.2 Å². The second-order valence-electron chi connectivity index (χ2n) is 8.64. The summed E-state index contributed by atoms with van der Waals surface area (Å²) in [5.74, 6) is -0.740. The molecule has 1 saturated heterocycles. The van der Waals surface area contributed by atoms with Crippen molar-refractivity contribution in [3.05, 3.63) is 77.6 Å². The number of benzene rings is 1. The van der Waals surface area contributed by atoms with E-state index in [2.05, 4.69) is 25.9 Å². The lowest BCUT2D eigenvalue weighted by Crippen LogP contribution is -2.52. The number of piperidine rings is 1. The number of aromatic nitrogens is 5. The molecule has 3 aromatic heterocycles. The predicted octanol–water partition coefficient (Wildman–Crippen LogP) is 0.606. The number of amides is 4. The molecular formula is C24H20N8O4. The number of rotatable bonds is 5. The summed E-state index contributed by atoms with van der Waals surface area (Å²) in [6.07, 6.45) is 5.61. The van der Waals surface area contributed by atoms with Crippen LogP contribution in [-0.4, -0.2) is 58.9 Å². The number of hydrogen-bond donors (Lipinski definition) is 2. The van der Waals surface area contributed by atoms with Gasteiger partial charge in [0.15, 0.2) is 5.69 Å². The zero-order chi connectivity index (χ0) is 24.8. The number of imide groups is 1. The molecule has 0 spiro atoms. The minimum atomic E-state index is -0.681. The van der Waals surface area contributed by atoms with Crippen molar-refractivity contribution in [3.8, 4) is 5.69 Å². The number of nitrogens with zero attached hydrogens (tertiary/aromatic N) is 6. The molecule has 2 aliphatic rings. The first-order valence-corrected chi connectivity index (χ1v) is 11.4. The molecule has 2 N–H and O–H groups in total. The molecule has 180 valence electrons. The van der Waals surface area contributed by atoms with Crippen molar-refractivity contribution in [1.29, 1.82) is 0 Å². The molecule has 0 bridgehead atoms. The van der Waals surface area contributed by atoms with E-state index in [0.717, 1.165) is 11.1 Å². The van der Waals surface area contributed by atoms with E-state index < -0.39 is 17.9 Å². The van der Waals surface area contributed by atoms with Gasteiger partial charge in [-0.2, -0.15) is 0 Å². The molecular weight excluding hydrogens is 464 g/mol. The Morgan fingerprint density at radius 2 is 2.06 bits per heavy atom. The van der Waals surface area contributed by atoms with Gasteiger partial charge in [0.05, 0.1) is 30.1 Å². The quantitative estimate of drug-likeness (QED) is 0.395. The highest BCUT2D eigenvalue weighted by molar-refractivity contribution is 6.05. The van der Waals surface area contributed by atoms with Crippen LogP contribution in [0.5, 0.6) is 0 Å². The molecule has 5 heterocycles. The van der Waals surface area contributed by atoms with E-state index in [1.807, 2.05) is 28.8 Å². The van der Waals surface area contributed by atoms with Gasteiger partial charge in [0.2, 0.25) is 11.8 Å². The van der Waals surface area contributed by atoms with Crippen molar-refractivity contribution in [3.63, 3.8) is 0 Å². The Hall–Kier alpha value is -4.87. The van der Waals surface area contributed by atoms with Gasteiger partial charge in [0.1, 0.15) is 11.9 Å². The van der Waals surface area contributed by atoms with Gasteiger partial charge in [-0.05, 0) is 42.3 Å². The summed E-state index contributed by atoms with van der Waals surface area (Å²) < 4.78 is 3.35. The molecule has 0 aliphatic carbocycles. The van der Waals surface area contributed by atoms with E-state index in [4.69, 9.17) is 0 Å². The maximum atomic E-state index is 12.9. The van der Waals surface area contributed by atoms with Gasteiger partial charge >= 0.3 is 0 Å². The number of pyridine rings is 1. The Morgan fingerprint density at radius 1 is 1.17 bits per heavy atom. The van der Waals surface area contributed by atoms with Gasteiger partial charge in [-0.15, -0.1) is 5.10 Å². The smallest absolute Gasteiger partial charge is 0.273 e. The fourth-order valence-corrected chi connectivity index (χ4v) is 4.58. The fourth-order valence-electron chi connectivity index (χ4n) is 4.58. The summed E-state index contributed by atoms with van der Waals surface area (Å²) in [7, 11) is 0. The van der Waals surface area contributed by atoms with Crippen molar-refractivity contribution in [2.45, 2.75) is 32.0 Å². The van der Waals surface area contributed by atoms with E-state index >= 15 is 0 Å². The highest BCUT2D eigenvalue weighted by Crippen LogP contribution is 2.29. The van der Waals surface area contributed by atoms with Crippen LogP contribution in [0.1, 0.15) is 45.1 Å². The van der Waals surface area contributed by atoms with Crippen molar-refractivity contribution in [2.75, 3.05) is 0 Å². The van der Waals surface area contributed by atoms with Gasteiger partial charge in [-0.1, -0.05) is 11.3 Å². The summed E-state index contributed by atoms with van der Waals surface area (Å²) >= 11 is 0. The minimum absolute atomic E-state index is 0.137. The Balaban J connectivity index is 1.16. The molecule has 0 saturated carbocycles. The maximum Gasteiger partial charge on any atom is 0.273 e. The largest absolute Gasteiger partial charge is 0.343 e. The third-order valence-electron chi connectivity index (χ3n) is 6.42. The van der Waals surface area contributed by atoms with Gasteiger partial charge in [-0.25, -0.2) is 9.67 Å². The van der Waals surface area contributed by atoms with Crippen LogP contribution in [0.25, 0.3) is 11.2 Å². The number of fused-ring (bicyclic) bond motifs is 2. The first-order valence-electron chi connectivity index (χ1n) is 11.4. The van der Waals surface area contributed by atoms with Crippen LogP contribution in [0.3, 0.4) is 0 Å².